The zero-order chi connectivity index (χ0) is 33.2. The fraction of sp³-hybridized carbons (Fsp3) is 0.485. The molecule has 0 radical (unpaired) electrons. The number of piperazine rings is 1. The maximum Gasteiger partial charge on any atom is 0.328 e. The minimum absolute atomic E-state index is 0.170. The Balaban J connectivity index is 0.997. The van der Waals surface area contributed by atoms with Crippen molar-refractivity contribution < 1.29 is 14.3 Å². The van der Waals surface area contributed by atoms with Crippen LogP contribution in [0.1, 0.15) is 44.8 Å². The molecule has 3 saturated heterocycles. The molecule has 2 N–H and O–H groups in total. The predicted octanol–water partition coefficient (Wildman–Crippen LogP) is 3.32. The van der Waals surface area contributed by atoms with Crippen molar-refractivity contribution in [3.63, 3.8) is 0 Å². The molecule has 0 bridgehead atoms. The molecule has 15 nitrogen and oxygen atoms in total. The van der Waals surface area contributed by atoms with Crippen LogP contribution in [-0.2, 0) is 16.1 Å². The first-order valence-corrected chi connectivity index (χ1v) is 16.6. The van der Waals surface area contributed by atoms with E-state index in [0.29, 0.717) is 42.5 Å². The molecule has 0 aliphatic carbocycles. The van der Waals surface area contributed by atoms with Gasteiger partial charge in [-0.05, 0) is 44.9 Å². The summed E-state index contributed by atoms with van der Waals surface area (Å²) < 4.78 is 7.58. The van der Waals surface area contributed by atoms with E-state index in [0.717, 1.165) is 74.5 Å². The quantitative estimate of drug-likeness (QED) is 0.273. The number of hydrogen-bond donors (Lipinski definition) is 2. The molecule has 252 valence electrons. The smallest absolute Gasteiger partial charge is 0.328 e. The molecule has 7 rings (SSSR count). The molecule has 48 heavy (non-hydrogen) atoms. The molecule has 3 amide bonds. The number of nitrogens with zero attached hydrogens (tertiary/aromatic N) is 10. The summed E-state index contributed by atoms with van der Waals surface area (Å²) in [6.45, 7) is 10.5. The number of urea groups is 1. The van der Waals surface area contributed by atoms with Crippen LogP contribution >= 0.6 is 0 Å². The Morgan fingerprint density at radius 3 is 2.46 bits per heavy atom. The summed E-state index contributed by atoms with van der Waals surface area (Å²) in [4.78, 5) is 50.8. The summed E-state index contributed by atoms with van der Waals surface area (Å²) in [5.74, 6) is 2.81. The van der Waals surface area contributed by atoms with E-state index in [1.165, 1.54) is 0 Å². The summed E-state index contributed by atoms with van der Waals surface area (Å²) in [5.41, 5.74) is 2.64. The zero-order valence-corrected chi connectivity index (χ0v) is 27.7. The van der Waals surface area contributed by atoms with E-state index in [2.05, 4.69) is 59.9 Å². The monoisotopic (exact) mass is 654 g/mol. The Morgan fingerprint density at radius 1 is 0.938 bits per heavy atom. The second-order valence-electron chi connectivity index (χ2n) is 12.8. The molecule has 3 fully saturated rings. The number of hydrogen-bond acceptors (Lipinski definition) is 12. The number of fused-ring (bicyclic) bond motifs is 1. The average Bonchev–Trinajstić information content (AvgIpc) is 3.49. The van der Waals surface area contributed by atoms with Crippen LogP contribution in [0.15, 0.2) is 42.9 Å². The molecule has 4 aromatic heterocycles. The summed E-state index contributed by atoms with van der Waals surface area (Å²) >= 11 is 0. The van der Waals surface area contributed by atoms with Crippen molar-refractivity contribution >= 4 is 51.9 Å². The number of amides is 3. The molecule has 0 saturated carbocycles. The topological polar surface area (TPSA) is 150 Å². The van der Waals surface area contributed by atoms with Gasteiger partial charge in [-0.3, -0.25) is 29.6 Å². The van der Waals surface area contributed by atoms with Crippen LogP contribution in [0.5, 0.6) is 0 Å². The highest BCUT2D eigenvalue weighted by molar-refractivity contribution is 6.05. The van der Waals surface area contributed by atoms with Crippen LogP contribution in [0.3, 0.4) is 0 Å². The molecule has 0 unspecified atom stereocenters. The van der Waals surface area contributed by atoms with Crippen molar-refractivity contribution in [1.82, 2.24) is 39.9 Å². The van der Waals surface area contributed by atoms with Gasteiger partial charge in [0.2, 0.25) is 11.9 Å². The number of aromatic nitrogens is 6. The number of nitrogens with one attached hydrogen (secondary N) is 2. The molecule has 0 aromatic carbocycles. The molecule has 4 aromatic rings. The van der Waals surface area contributed by atoms with Crippen molar-refractivity contribution in [3.05, 3.63) is 48.5 Å². The number of methoxy groups -OCH3 is 1. The third-order valence-corrected chi connectivity index (χ3v) is 9.25. The van der Waals surface area contributed by atoms with Crippen LogP contribution in [-0.4, -0.2) is 106 Å². The fourth-order valence-corrected chi connectivity index (χ4v) is 6.53. The molecule has 15 heteroatoms. The van der Waals surface area contributed by atoms with Gasteiger partial charge in [0.05, 0.1) is 34.6 Å². The fourth-order valence-electron chi connectivity index (χ4n) is 6.53. The second kappa shape index (κ2) is 13.7. The van der Waals surface area contributed by atoms with Gasteiger partial charge in [-0.2, -0.15) is 10.1 Å². The van der Waals surface area contributed by atoms with E-state index in [1.54, 1.807) is 24.4 Å². The lowest BCUT2D eigenvalue weighted by Crippen LogP contribution is -2.49. The van der Waals surface area contributed by atoms with Gasteiger partial charge in [0.25, 0.3) is 0 Å². The van der Waals surface area contributed by atoms with Gasteiger partial charge in [-0.1, -0.05) is 0 Å². The molecule has 0 spiro atoms. The second-order valence-corrected chi connectivity index (χ2v) is 12.8. The Kier molecular flexibility index (Phi) is 9.04. The summed E-state index contributed by atoms with van der Waals surface area (Å²) in [6.07, 6.45) is 7.91. The van der Waals surface area contributed by atoms with E-state index in [9.17, 15) is 9.59 Å². The van der Waals surface area contributed by atoms with Crippen LogP contribution in [0, 0.1) is 0 Å². The maximum atomic E-state index is 12.2. The molecule has 0 atom stereocenters. The summed E-state index contributed by atoms with van der Waals surface area (Å²) in [7, 11) is 1.77. The minimum atomic E-state index is -0.402. The number of carbonyl (C=O) groups is 2. The molecule has 3 aliphatic rings. The van der Waals surface area contributed by atoms with Crippen molar-refractivity contribution in [2.24, 2.45) is 0 Å². The Morgan fingerprint density at radius 2 is 1.75 bits per heavy atom. The van der Waals surface area contributed by atoms with Crippen molar-refractivity contribution in [2.45, 2.75) is 51.8 Å². The number of imide groups is 1. The first-order valence-electron chi connectivity index (χ1n) is 16.6. The lowest BCUT2D eigenvalue weighted by atomic mass is 10.1. The van der Waals surface area contributed by atoms with Crippen LogP contribution in [0.25, 0.3) is 10.9 Å². The Bertz CT molecular complexity index is 1760. The highest BCUT2D eigenvalue weighted by Crippen LogP contribution is 2.31. The third kappa shape index (κ3) is 6.73. The van der Waals surface area contributed by atoms with Gasteiger partial charge < -0.3 is 19.9 Å². The van der Waals surface area contributed by atoms with E-state index in [1.807, 2.05) is 24.4 Å². The van der Waals surface area contributed by atoms with E-state index in [4.69, 9.17) is 19.8 Å². The van der Waals surface area contributed by atoms with E-state index in [-0.39, 0.29) is 18.4 Å². The molecular formula is C33H42N12O3. The predicted molar refractivity (Wildman–Crippen MR) is 183 cm³/mol. The van der Waals surface area contributed by atoms with Gasteiger partial charge in [0, 0.05) is 90.4 Å². The molecule has 3 aliphatic heterocycles. The first-order chi connectivity index (χ1) is 23.3. The number of anilines is 5. The van der Waals surface area contributed by atoms with Crippen LogP contribution < -0.4 is 25.3 Å². The van der Waals surface area contributed by atoms with E-state index >= 15 is 0 Å². The van der Waals surface area contributed by atoms with Crippen molar-refractivity contribution in [2.75, 3.05) is 72.9 Å². The van der Waals surface area contributed by atoms with Gasteiger partial charge in [0.1, 0.15) is 11.6 Å². The highest BCUT2D eigenvalue weighted by atomic mass is 16.5. The molecule has 7 heterocycles. The van der Waals surface area contributed by atoms with Gasteiger partial charge in [-0.25, -0.2) is 14.8 Å². The summed E-state index contributed by atoms with van der Waals surface area (Å²) in [6, 6.07) is 7.53. The normalized spacial score (nSPS) is 18.2. The SMILES string of the molecule is COC1CCN(c2nccc(Nc3cc4c(cn3)c(N3CCN(Cc5ccc(N6CCC(=O)NC6=O)cn5)CC3)nn4C(C)C)n2)CC1. The van der Waals surface area contributed by atoms with Gasteiger partial charge >= 0.3 is 6.03 Å². The first kappa shape index (κ1) is 31.7. The molecular weight excluding hydrogens is 612 g/mol. The van der Waals surface area contributed by atoms with Crippen molar-refractivity contribution in [1.29, 1.82) is 0 Å². The number of rotatable bonds is 9. The highest BCUT2D eigenvalue weighted by Gasteiger charge is 2.26. The maximum absolute atomic E-state index is 12.2. The van der Waals surface area contributed by atoms with Crippen LogP contribution in [0.4, 0.5) is 33.9 Å². The number of piperidine rings is 1. The standard InChI is InChI=1S/C33H42N12O3/c1-22(2)45-27-18-29(37-28-6-10-34-32(38-28)43-11-7-25(48-3)8-12-43)36-20-26(27)31(40-45)42-16-14-41(15-17-42)21-23-4-5-24(19-35-23)44-13-9-30(46)39-33(44)47/h4-6,10,18-20,22,25H,7-9,11-17,21H2,1-3H3,(H,39,46,47)(H,34,36,37,38). The van der Waals surface area contributed by atoms with Gasteiger partial charge in [0.15, 0.2) is 5.82 Å². The minimum Gasteiger partial charge on any atom is -0.381 e. The summed E-state index contributed by atoms with van der Waals surface area (Å²) in [5, 5.41) is 11.8. The van der Waals surface area contributed by atoms with Crippen LogP contribution in [0.2, 0.25) is 0 Å². The number of ether oxygens (including phenoxy) is 1. The number of carbonyl (C=O) groups excluding carboxylic acids is 2. The Labute approximate surface area is 279 Å². The third-order valence-electron chi connectivity index (χ3n) is 9.25. The van der Waals surface area contributed by atoms with Gasteiger partial charge in [-0.15, -0.1) is 0 Å². The lowest BCUT2D eigenvalue weighted by Gasteiger charge is -2.34. The number of pyridine rings is 2. The largest absolute Gasteiger partial charge is 0.381 e. The van der Waals surface area contributed by atoms with E-state index < -0.39 is 6.03 Å². The Hall–Kier alpha value is -4.89. The zero-order valence-electron chi connectivity index (χ0n) is 27.7. The van der Waals surface area contributed by atoms with Crippen molar-refractivity contribution in [3.8, 4) is 0 Å². The lowest BCUT2D eigenvalue weighted by molar-refractivity contribution is -0.120. The average molecular weight is 655 g/mol.